The number of hydrogen-bond acceptors (Lipinski definition) is 6. The molecule has 4 aliphatic rings. The zero-order valence-corrected chi connectivity index (χ0v) is 30.4. The topological polar surface area (TPSA) is 101 Å². The van der Waals surface area contributed by atoms with Crippen molar-refractivity contribution in [3.8, 4) is 11.5 Å². The van der Waals surface area contributed by atoms with E-state index < -0.39 is 35.0 Å². The van der Waals surface area contributed by atoms with Crippen LogP contribution in [0.1, 0.15) is 47.9 Å². The van der Waals surface area contributed by atoms with Crippen LogP contribution in [0.25, 0.3) is 5.57 Å². The molecule has 1 heterocycles. The molecular formula is C43H36INO6. The van der Waals surface area contributed by atoms with Crippen LogP contribution in [0.15, 0.2) is 115 Å². The number of hydrogen-bond donors (Lipinski definition) is 1. The van der Waals surface area contributed by atoms with Crippen molar-refractivity contribution in [2.45, 2.75) is 37.5 Å². The van der Waals surface area contributed by atoms with Crippen molar-refractivity contribution in [2.75, 3.05) is 12.0 Å². The van der Waals surface area contributed by atoms with Gasteiger partial charge in [-0.2, -0.15) is 0 Å². The van der Waals surface area contributed by atoms with Gasteiger partial charge in [-0.1, -0.05) is 91.4 Å². The Hall–Kier alpha value is -4.83. The number of anilines is 1. The third kappa shape index (κ3) is 4.97. The number of aromatic hydroxyl groups is 1. The number of fused-ring (bicyclic) bond motifs is 4. The number of ether oxygens (including phenoxy) is 1. The van der Waals surface area contributed by atoms with E-state index in [2.05, 4.69) is 29.5 Å². The van der Waals surface area contributed by atoms with E-state index in [-0.39, 0.29) is 41.3 Å². The summed E-state index contributed by atoms with van der Waals surface area (Å²) in [5.74, 6) is -3.97. The predicted molar refractivity (Wildman–Crippen MR) is 202 cm³/mol. The number of halogens is 1. The van der Waals surface area contributed by atoms with Crippen LogP contribution in [0, 0.1) is 27.2 Å². The summed E-state index contributed by atoms with van der Waals surface area (Å²) in [7, 11) is 1.48. The number of allylic oxidation sites excluding steroid dienone is 4. The van der Waals surface area contributed by atoms with Gasteiger partial charge >= 0.3 is 0 Å². The van der Waals surface area contributed by atoms with Gasteiger partial charge in [0.2, 0.25) is 11.8 Å². The number of carbonyl (C=O) groups is 4. The van der Waals surface area contributed by atoms with E-state index in [9.17, 15) is 14.7 Å². The van der Waals surface area contributed by atoms with Crippen LogP contribution in [-0.2, 0) is 31.0 Å². The highest BCUT2D eigenvalue weighted by atomic mass is 127. The number of rotatable bonds is 6. The van der Waals surface area contributed by atoms with Crippen LogP contribution < -0.4 is 9.64 Å². The first-order valence-electron chi connectivity index (χ1n) is 17.3. The lowest BCUT2D eigenvalue weighted by Crippen LogP contribution is -2.58. The maximum Gasteiger partial charge on any atom is 0.238 e. The number of benzene rings is 4. The Labute approximate surface area is 310 Å². The first-order chi connectivity index (χ1) is 24.7. The number of ketones is 2. The van der Waals surface area contributed by atoms with E-state index in [4.69, 9.17) is 4.74 Å². The third-order valence-corrected chi connectivity index (χ3v) is 12.4. The van der Waals surface area contributed by atoms with Crippen LogP contribution in [-0.4, -0.2) is 35.6 Å². The molecule has 8 heteroatoms. The molecule has 1 saturated heterocycles. The summed E-state index contributed by atoms with van der Waals surface area (Å²) in [6, 6.07) is 29.8. The molecule has 256 valence electrons. The summed E-state index contributed by atoms with van der Waals surface area (Å²) in [4.78, 5) is 60.4. The Morgan fingerprint density at radius 2 is 1.57 bits per heavy atom. The molecule has 1 saturated carbocycles. The van der Waals surface area contributed by atoms with Crippen molar-refractivity contribution in [3.63, 3.8) is 0 Å². The molecule has 8 rings (SSSR count). The summed E-state index contributed by atoms with van der Waals surface area (Å²) in [5, 5.41) is 10.9. The maximum atomic E-state index is 15.2. The van der Waals surface area contributed by atoms with Gasteiger partial charge in [-0.3, -0.25) is 24.1 Å². The van der Waals surface area contributed by atoms with Crippen molar-refractivity contribution < 1.29 is 29.0 Å². The molecule has 4 aromatic carbocycles. The number of aryl methyl sites for hydroxylation is 1. The fraction of sp³-hybridized carbons (Fsp3) is 0.256. The average Bonchev–Trinajstić information content (AvgIpc) is 3.42. The molecule has 0 bridgehead atoms. The number of carbonyl (C=O) groups excluding carboxylic acids is 4. The van der Waals surface area contributed by atoms with Crippen LogP contribution in [0.2, 0.25) is 0 Å². The second-order valence-electron chi connectivity index (χ2n) is 13.9. The monoisotopic (exact) mass is 789 g/mol. The molecule has 4 aromatic rings. The van der Waals surface area contributed by atoms with Crippen LogP contribution in [0.3, 0.4) is 0 Å². The number of nitrogens with zero attached hydrogens (tertiary/aromatic N) is 1. The number of phenols is 1. The third-order valence-electron chi connectivity index (χ3n) is 11.6. The number of amides is 2. The normalized spacial score (nSPS) is 27.0. The van der Waals surface area contributed by atoms with Crippen molar-refractivity contribution >= 4 is 57.2 Å². The summed E-state index contributed by atoms with van der Waals surface area (Å²) >= 11 is 2.06. The predicted octanol–water partition coefficient (Wildman–Crippen LogP) is 7.60. The Balaban J connectivity index is 1.36. The molecule has 0 aromatic heterocycles. The minimum Gasteiger partial charge on any atom is -0.504 e. The fourth-order valence-corrected chi connectivity index (χ4v) is 9.93. The Morgan fingerprint density at radius 3 is 2.24 bits per heavy atom. The van der Waals surface area contributed by atoms with E-state index in [1.54, 1.807) is 6.07 Å². The fourth-order valence-electron chi connectivity index (χ4n) is 9.30. The molecule has 1 N–H and O–H groups in total. The molecule has 0 unspecified atom stereocenters. The highest BCUT2D eigenvalue weighted by Crippen LogP contribution is 2.64. The number of Topliss-reactive ketones (excluding diaryl/α,β-unsaturated/α-hetero) is 1. The van der Waals surface area contributed by atoms with Gasteiger partial charge in [-0.15, -0.1) is 0 Å². The molecular weight excluding hydrogens is 753 g/mol. The quantitative estimate of drug-likeness (QED) is 0.123. The van der Waals surface area contributed by atoms with Crippen molar-refractivity contribution in [3.05, 3.63) is 141 Å². The van der Waals surface area contributed by atoms with Gasteiger partial charge < -0.3 is 9.84 Å². The summed E-state index contributed by atoms with van der Waals surface area (Å²) in [6.45, 7) is 2.05. The first-order valence-corrected chi connectivity index (χ1v) is 18.4. The molecule has 1 aliphatic heterocycles. The molecule has 51 heavy (non-hydrogen) atoms. The van der Waals surface area contributed by atoms with Crippen molar-refractivity contribution in [1.29, 1.82) is 0 Å². The van der Waals surface area contributed by atoms with E-state index in [1.807, 2.05) is 97.1 Å². The summed E-state index contributed by atoms with van der Waals surface area (Å²) in [5.41, 5.74) is 3.55. The van der Waals surface area contributed by atoms with Gasteiger partial charge in [-0.25, -0.2) is 0 Å². The minimum atomic E-state index is -1.36. The van der Waals surface area contributed by atoms with Gasteiger partial charge in [0.15, 0.2) is 23.1 Å². The molecule has 0 radical (unpaired) electrons. The maximum absolute atomic E-state index is 15.2. The SMILES string of the molecule is CCc1ccc(N2C(=O)[C@H]3[C@H](CC=C4[C@H]3C[C@H]3C(=O)C(c5ccccc5)=CC(=O)[C@@]3(c3ccccc3)[C@H]4c3cc(I)c(O)c(OC)c3)C2=O)cc1. The Kier molecular flexibility index (Phi) is 8.32. The molecule has 0 spiro atoms. The average molecular weight is 790 g/mol. The largest absolute Gasteiger partial charge is 0.504 e. The Morgan fingerprint density at radius 1 is 0.882 bits per heavy atom. The van der Waals surface area contributed by atoms with Crippen LogP contribution in [0.5, 0.6) is 11.5 Å². The highest BCUT2D eigenvalue weighted by Gasteiger charge is 2.66. The number of imide groups is 1. The van der Waals surface area contributed by atoms with E-state index in [0.717, 1.165) is 17.6 Å². The van der Waals surface area contributed by atoms with Crippen molar-refractivity contribution in [2.24, 2.45) is 23.7 Å². The highest BCUT2D eigenvalue weighted by molar-refractivity contribution is 14.1. The summed E-state index contributed by atoms with van der Waals surface area (Å²) < 4.78 is 6.16. The zero-order chi connectivity index (χ0) is 35.6. The van der Waals surface area contributed by atoms with Crippen LogP contribution >= 0.6 is 22.6 Å². The smallest absolute Gasteiger partial charge is 0.238 e. The van der Waals surface area contributed by atoms with Gasteiger partial charge in [0.05, 0.1) is 33.6 Å². The standard InChI is InChI=1S/C43H36INO6/c1-3-24-14-16-28(17-15-24)45-41(49)30-19-18-29-32(37(30)42(45)50)22-33-39(47)31(25-10-6-4-7-11-25)23-36(46)43(33,27-12-8-5-9-13-27)38(29)26-20-34(44)40(48)35(21-26)51-2/h4-18,20-21,23,30,32-33,37-38,48H,3,19,22H2,1-2H3/t30-,32+,33-,37-,38-,43-/m0/s1. The van der Waals surface area contributed by atoms with Crippen molar-refractivity contribution in [1.82, 2.24) is 0 Å². The number of phenolic OH excluding ortho intramolecular Hbond substituents is 1. The summed E-state index contributed by atoms with van der Waals surface area (Å²) in [6.07, 6.45) is 4.95. The second kappa shape index (κ2) is 12.7. The van der Waals surface area contributed by atoms with Gasteiger partial charge in [0.1, 0.15) is 0 Å². The molecule has 2 amide bonds. The molecule has 6 atom stereocenters. The lowest BCUT2D eigenvalue weighted by molar-refractivity contribution is -0.135. The Bertz CT molecular complexity index is 2160. The molecule has 3 aliphatic carbocycles. The van der Waals surface area contributed by atoms with E-state index >= 15 is 9.59 Å². The lowest BCUT2D eigenvalue weighted by atomic mass is 9.44. The van der Waals surface area contributed by atoms with E-state index in [1.165, 1.54) is 18.1 Å². The second-order valence-corrected chi connectivity index (χ2v) is 15.0. The zero-order valence-electron chi connectivity index (χ0n) is 28.2. The molecule has 7 nitrogen and oxygen atoms in total. The van der Waals surface area contributed by atoms with Gasteiger partial charge in [-0.05, 0) is 100 Å². The van der Waals surface area contributed by atoms with Crippen LogP contribution in [0.4, 0.5) is 5.69 Å². The first kappa shape index (κ1) is 33.3. The minimum absolute atomic E-state index is 0.0178. The van der Waals surface area contributed by atoms with Gasteiger partial charge in [0.25, 0.3) is 0 Å². The van der Waals surface area contributed by atoms with Gasteiger partial charge in [0, 0.05) is 17.4 Å². The lowest BCUT2D eigenvalue weighted by Gasteiger charge is -2.55. The number of methoxy groups -OCH3 is 1. The van der Waals surface area contributed by atoms with E-state index in [0.29, 0.717) is 37.9 Å². The molecule has 2 fully saturated rings.